The van der Waals surface area contributed by atoms with Crippen LogP contribution in [0.2, 0.25) is 0 Å². The monoisotopic (exact) mass is 584 g/mol. The van der Waals surface area contributed by atoms with Crippen molar-refractivity contribution in [2.24, 2.45) is 0 Å². The molecule has 9 heteroatoms. The van der Waals surface area contributed by atoms with Crippen molar-refractivity contribution in [1.82, 2.24) is 20.2 Å². The smallest absolute Gasteiger partial charge is 0.252 e. The number of halogens is 1. The number of hydrogen-bond donors (Lipinski definition) is 3. The molecule has 1 amide bonds. The van der Waals surface area contributed by atoms with Crippen LogP contribution >= 0.6 is 0 Å². The molecule has 0 spiro atoms. The van der Waals surface area contributed by atoms with E-state index >= 15 is 0 Å². The molecule has 0 unspecified atom stereocenters. The summed E-state index contributed by atoms with van der Waals surface area (Å²) in [6.45, 7) is 5.16. The van der Waals surface area contributed by atoms with E-state index in [-0.39, 0.29) is 36.5 Å². The summed E-state index contributed by atoms with van der Waals surface area (Å²) in [6.07, 6.45) is 5.86. The molecule has 0 bridgehead atoms. The molecule has 5 rings (SSSR count). The second-order valence-corrected chi connectivity index (χ2v) is 11.1. The number of ketones is 1. The Morgan fingerprint density at radius 3 is 2.63 bits per heavy atom. The Kier molecular flexibility index (Phi) is 9.96. The van der Waals surface area contributed by atoms with Gasteiger partial charge in [-0.2, -0.15) is 0 Å². The van der Waals surface area contributed by atoms with E-state index in [2.05, 4.69) is 20.2 Å². The lowest BCUT2D eigenvalue weighted by Crippen LogP contribution is -2.37. The zero-order valence-corrected chi connectivity index (χ0v) is 24.3. The largest absolute Gasteiger partial charge is 0.457 e. The highest BCUT2D eigenvalue weighted by molar-refractivity contribution is 5.95. The van der Waals surface area contributed by atoms with Crippen molar-refractivity contribution in [3.05, 3.63) is 101 Å². The number of pyridine rings is 1. The Bertz CT molecular complexity index is 1540. The number of carbonyl (C=O) groups excluding carboxylic acids is 2. The number of nitrogens with zero attached hydrogens (tertiary/aromatic N) is 2. The van der Waals surface area contributed by atoms with Gasteiger partial charge in [-0.15, -0.1) is 0 Å². The number of aryl methyl sites for hydroxylation is 1. The molecule has 2 aromatic carbocycles. The Hall–Kier alpha value is -4.34. The van der Waals surface area contributed by atoms with Crippen LogP contribution in [-0.2, 0) is 17.6 Å². The van der Waals surface area contributed by atoms with Crippen LogP contribution in [0.3, 0.4) is 0 Å². The molecule has 0 saturated carbocycles. The van der Waals surface area contributed by atoms with Gasteiger partial charge in [0.15, 0.2) is 0 Å². The van der Waals surface area contributed by atoms with E-state index in [0.29, 0.717) is 40.6 Å². The number of aromatic nitrogens is 2. The van der Waals surface area contributed by atoms with Crippen LogP contribution in [0.5, 0.6) is 11.5 Å². The number of ether oxygens (including phenoxy) is 1. The van der Waals surface area contributed by atoms with Gasteiger partial charge in [-0.1, -0.05) is 29.8 Å². The number of rotatable bonds is 12. The van der Waals surface area contributed by atoms with E-state index in [1.54, 1.807) is 54.9 Å². The number of aliphatic hydroxyl groups excluding tert-OH is 1. The van der Waals surface area contributed by atoms with Gasteiger partial charge in [-0.25, -0.2) is 4.39 Å². The minimum atomic E-state index is -0.361. The lowest BCUT2D eigenvalue weighted by Gasteiger charge is -2.29. The van der Waals surface area contributed by atoms with Crippen molar-refractivity contribution in [3.8, 4) is 22.9 Å². The first-order valence-electron chi connectivity index (χ1n) is 14.7. The lowest BCUT2D eigenvalue weighted by molar-refractivity contribution is -0.117. The third kappa shape index (κ3) is 8.59. The van der Waals surface area contributed by atoms with E-state index in [4.69, 9.17) is 4.74 Å². The number of amides is 1. The van der Waals surface area contributed by atoms with Crippen molar-refractivity contribution in [1.29, 1.82) is 0 Å². The van der Waals surface area contributed by atoms with Gasteiger partial charge in [-0.3, -0.25) is 14.6 Å². The van der Waals surface area contributed by atoms with Crippen molar-refractivity contribution in [2.75, 3.05) is 26.2 Å². The molecule has 1 saturated heterocycles. The molecule has 1 aliphatic rings. The summed E-state index contributed by atoms with van der Waals surface area (Å²) < 4.78 is 20.0. The van der Waals surface area contributed by atoms with Crippen LogP contribution in [0.15, 0.2) is 73.1 Å². The molecule has 2 aromatic heterocycles. The summed E-state index contributed by atoms with van der Waals surface area (Å²) >= 11 is 0. The highest BCUT2D eigenvalue weighted by Gasteiger charge is 2.17. The molecule has 0 aliphatic carbocycles. The maximum Gasteiger partial charge on any atom is 0.252 e. The Morgan fingerprint density at radius 1 is 1.05 bits per heavy atom. The van der Waals surface area contributed by atoms with E-state index in [9.17, 15) is 19.1 Å². The van der Waals surface area contributed by atoms with Gasteiger partial charge in [0.1, 0.15) is 23.1 Å². The number of aliphatic hydroxyl groups is 1. The molecule has 1 fully saturated rings. The first-order valence-corrected chi connectivity index (χ1v) is 14.7. The molecule has 43 heavy (non-hydrogen) atoms. The number of aromatic amines is 1. The summed E-state index contributed by atoms with van der Waals surface area (Å²) in [5.74, 6) is 0.613. The topological polar surface area (TPSA) is 108 Å². The summed E-state index contributed by atoms with van der Waals surface area (Å²) in [6, 6.07) is 17.3. The molecular formula is C34H37FN4O4. The SMILES string of the molecule is Cc1ccc(F)c(CC(=O)Cc2ccc(Oc3ccnc(-c4cc(C(=O)NCCCN5CCC(O)CC5)c[nH]4)c3)cc2)c1. The molecule has 0 radical (unpaired) electrons. The van der Waals surface area contributed by atoms with Gasteiger partial charge in [0.2, 0.25) is 0 Å². The molecule has 224 valence electrons. The number of nitrogens with one attached hydrogen (secondary N) is 2. The number of piperidine rings is 1. The van der Waals surface area contributed by atoms with Crippen molar-refractivity contribution >= 4 is 11.7 Å². The van der Waals surface area contributed by atoms with Crippen LogP contribution in [0.25, 0.3) is 11.4 Å². The van der Waals surface area contributed by atoms with Gasteiger partial charge in [0, 0.05) is 50.9 Å². The van der Waals surface area contributed by atoms with Gasteiger partial charge >= 0.3 is 0 Å². The molecule has 3 heterocycles. The van der Waals surface area contributed by atoms with Gasteiger partial charge < -0.3 is 25.0 Å². The normalized spacial score (nSPS) is 14.0. The zero-order chi connectivity index (χ0) is 30.2. The van der Waals surface area contributed by atoms with Crippen molar-refractivity contribution in [3.63, 3.8) is 0 Å². The summed E-state index contributed by atoms with van der Waals surface area (Å²) in [5.41, 5.74) is 4.02. The number of H-pyrrole nitrogens is 1. The highest BCUT2D eigenvalue weighted by Crippen LogP contribution is 2.26. The van der Waals surface area contributed by atoms with Crippen LogP contribution < -0.4 is 10.1 Å². The molecule has 4 aromatic rings. The second kappa shape index (κ2) is 14.2. The molecule has 3 N–H and O–H groups in total. The van der Waals surface area contributed by atoms with Gasteiger partial charge in [-0.05, 0) is 74.2 Å². The Morgan fingerprint density at radius 2 is 1.84 bits per heavy atom. The van der Waals surface area contributed by atoms with Gasteiger partial charge in [0.05, 0.1) is 23.1 Å². The lowest BCUT2D eigenvalue weighted by atomic mass is 10.0. The van der Waals surface area contributed by atoms with E-state index in [0.717, 1.165) is 50.0 Å². The maximum absolute atomic E-state index is 14.0. The average Bonchev–Trinajstić information content (AvgIpc) is 3.50. The third-order valence-electron chi connectivity index (χ3n) is 7.60. The van der Waals surface area contributed by atoms with Crippen LogP contribution in [-0.4, -0.2) is 63.9 Å². The summed E-state index contributed by atoms with van der Waals surface area (Å²) in [4.78, 5) is 35.0. The summed E-state index contributed by atoms with van der Waals surface area (Å²) in [7, 11) is 0. The fraction of sp³-hybridized carbons (Fsp3) is 0.324. The quantitative estimate of drug-likeness (QED) is 0.197. The first kappa shape index (κ1) is 30.1. The van der Waals surface area contributed by atoms with E-state index in [1.807, 2.05) is 19.1 Å². The molecule has 8 nitrogen and oxygen atoms in total. The summed E-state index contributed by atoms with van der Waals surface area (Å²) in [5, 5.41) is 12.6. The molecule has 0 atom stereocenters. The fourth-order valence-electron chi connectivity index (χ4n) is 5.20. The van der Waals surface area contributed by atoms with Crippen LogP contribution in [0.4, 0.5) is 4.39 Å². The molecular weight excluding hydrogens is 547 g/mol. The maximum atomic E-state index is 14.0. The standard InChI is InChI=1S/C34H37FN4O4/c1-23-3-8-31(35)25(17-23)19-28(41)18-24-4-6-29(7-5-24)43-30-9-13-36-33(21-30)32-20-26(22-38-32)34(42)37-12-2-14-39-15-10-27(40)11-16-39/h3-9,13,17,20-22,27,38,40H,2,10-12,14-16,18-19H2,1H3,(H,37,42). The van der Waals surface area contributed by atoms with Crippen LogP contribution in [0.1, 0.15) is 46.3 Å². The predicted molar refractivity (Wildman–Crippen MR) is 163 cm³/mol. The average molecular weight is 585 g/mol. The fourth-order valence-corrected chi connectivity index (χ4v) is 5.20. The van der Waals surface area contributed by atoms with Gasteiger partial charge in [0.25, 0.3) is 5.91 Å². The minimum Gasteiger partial charge on any atom is -0.457 e. The number of likely N-dealkylation sites (tertiary alicyclic amines) is 1. The number of hydrogen-bond acceptors (Lipinski definition) is 6. The Balaban J connectivity index is 1.11. The third-order valence-corrected chi connectivity index (χ3v) is 7.60. The first-order chi connectivity index (χ1) is 20.8. The zero-order valence-electron chi connectivity index (χ0n) is 24.3. The Labute approximate surface area is 250 Å². The second-order valence-electron chi connectivity index (χ2n) is 11.1. The predicted octanol–water partition coefficient (Wildman–Crippen LogP) is 5.25. The number of Topliss-reactive ketones (excluding diaryl/α,β-unsaturated/α-hetero) is 1. The van der Waals surface area contributed by atoms with Crippen LogP contribution in [0, 0.1) is 12.7 Å². The molecule has 1 aliphatic heterocycles. The van der Waals surface area contributed by atoms with Crippen molar-refractivity contribution in [2.45, 2.75) is 45.1 Å². The minimum absolute atomic E-state index is 0.0544. The van der Waals surface area contributed by atoms with E-state index in [1.165, 1.54) is 6.07 Å². The van der Waals surface area contributed by atoms with E-state index < -0.39 is 0 Å². The number of carbonyl (C=O) groups is 2. The highest BCUT2D eigenvalue weighted by atomic mass is 19.1. The van der Waals surface area contributed by atoms with Crippen molar-refractivity contribution < 1.29 is 23.8 Å². The number of benzene rings is 2.